The number of hydrogen-bond acceptors (Lipinski definition) is 2. The van der Waals surface area contributed by atoms with E-state index in [-0.39, 0.29) is 0 Å². The van der Waals surface area contributed by atoms with Crippen molar-refractivity contribution in [2.45, 2.75) is 13.3 Å². The molecule has 82 valence electrons. The van der Waals surface area contributed by atoms with E-state index in [9.17, 15) is 4.79 Å². The van der Waals surface area contributed by atoms with E-state index < -0.39 is 0 Å². The molecule has 0 aliphatic heterocycles. The molecule has 0 saturated carbocycles. The predicted octanol–water partition coefficient (Wildman–Crippen LogP) is 2.90. The standard InChI is InChI=1S/C12H11ClN2O/c1-2-12-14-5-6-15(12)11-7-10(13)4-3-9(11)8-16/h3-8H,2H2,1H3. The summed E-state index contributed by atoms with van der Waals surface area (Å²) in [6.07, 6.45) is 5.18. The number of aldehydes is 1. The van der Waals surface area contributed by atoms with Crippen LogP contribution in [-0.2, 0) is 6.42 Å². The van der Waals surface area contributed by atoms with Crippen LogP contribution in [0.1, 0.15) is 23.1 Å². The third-order valence-electron chi connectivity index (χ3n) is 2.41. The molecule has 0 aliphatic rings. The van der Waals surface area contributed by atoms with Crippen molar-refractivity contribution in [1.82, 2.24) is 9.55 Å². The van der Waals surface area contributed by atoms with Crippen LogP contribution in [0.25, 0.3) is 5.69 Å². The van der Waals surface area contributed by atoms with Crippen molar-refractivity contribution in [3.63, 3.8) is 0 Å². The molecule has 2 aromatic rings. The molecule has 1 heterocycles. The Morgan fingerprint density at radius 1 is 1.50 bits per heavy atom. The summed E-state index contributed by atoms with van der Waals surface area (Å²) in [6, 6.07) is 5.19. The number of hydrogen-bond donors (Lipinski definition) is 0. The van der Waals surface area contributed by atoms with E-state index in [4.69, 9.17) is 11.6 Å². The van der Waals surface area contributed by atoms with Crippen LogP contribution < -0.4 is 0 Å². The zero-order chi connectivity index (χ0) is 11.5. The minimum Gasteiger partial charge on any atom is -0.303 e. The number of imidazole rings is 1. The van der Waals surface area contributed by atoms with E-state index in [1.165, 1.54) is 0 Å². The molecular weight excluding hydrogens is 224 g/mol. The van der Waals surface area contributed by atoms with Crippen LogP contribution in [0.5, 0.6) is 0 Å². The molecule has 4 heteroatoms. The van der Waals surface area contributed by atoms with E-state index in [0.717, 1.165) is 24.2 Å². The smallest absolute Gasteiger partial charge is 0.152 e. The maximum absolute atomic E-state index is 11.0. The summed E-state index contributed by atoms with van der Waals surface area (Å²) >= 11 is 5.94. The second-order valence-electron chi connectivity index (χ2n) is 3.39. The van der Waals surface area contributed by atoms with Gasteiger partial charge in [0.2, 0.25) is 0 Å². The first-order chi connectivity index (χ1) is 7.76. The fraction of sp³-hybridized carbons (Fsp3) is 0.167. The van der Waals surface area contributed by atoms with Gasteiger partial charge in [-0.2, -0.15) is 0 Å². The number of halogens is 1. The number of aromatic nitrogens is 2. The molecule has 0 saturated heterocycles. The second kappa shape index (κ2) is 4.49. The summed E-state index contributed by atoms with van der Waals surface area (Å²) in [4.78, 5) is 15.2. The van der Waals surface area contributed by atoms with Crippen LogP contribution in [0.15, 0.2) is 30.6 Å². The number of benzene rings is 1. The molecule has 0 fully saturated rings. The van der Waals surface area contributed by atoms with Gasteiger partial charge in [0.1, 0.15) is 5.82 Å². The van der Waals surface area contributed by atoms with Crippen molar-refractivity contribution in [3.05, 3.63) is 47.0 Å². The lowest BCUT2D eigenvalue weighted by Crippen LogP contribution is -2.02. The number of carbonyl (C=O) groups excluding carboxylic acids is 1. The molecule has 1 aromatic heterocycles. The Kier molecular flexibility index (Phi) is 3.06. The van der Waals surface area contributed by atoms with E-state index in [2.05, 4.69) is 4.98 Å². The molecular formula is C12H11ClN2O. The SMILES string of the molecule is CCc1nccn1-c1cc(Cl)ccc1C=O. The van der Waals surface area contributed by atoms with Crippen molar-refractivity contribution in [1.29, 1.82) is 0 Å². The molecule has 0 unspecified atom stereocenters. The average Bonchev–Trinajstić information content (AvgIpc) is 2.76. The van der Waals surface area contributed by atoms with Crippen LogP contribution in [0.3, 0.4) is 0 Å². The van der Waals surface area contributed by atoms with Gasteiger partial charge in [-0.15, -0.1) is 0 Å². The Labute approximate surface area is 98.7 Å². The first-order valence-electron chi connectivity index (χ1n) is 5.03. The lowest BCUT2D eigenvalue weighted by Gasteiger charge is -2.09. The lowest BCUT2D eigenvalue weighted by molar-refractivity contribution is 0.112. The normalized spacial score (nSPS) is 10.4. The fourth-order valence-corrected chi connectivity index (χ4v) is 1.81. The summed E-state index contributed by atoms with van der Waals surface area (Å²) in [7, 11) is 0. The highest BCUT2D eigenvalue weighted by Gasteiger charge is 2.08. The molecule has 0 aliphatic carbocycles. The van der Waals surface area contributed by atoms with E-state index >= 15 is 0 Å². The maximum Gasteiger partial charge on any atom is 0.152 e. The Morgan fingerprint density at radius 2 is 2.31 bits per heavy atom. The number of carbonyl (C=O) groups is 1. The predicted molar refractivity (Wildman–Crippen MR) is 63.3 cm³/mol. The first kappa shape index (κ1) is 10.9. The lowest BCUT2D eigenvalue weighted by atomic mass is 10.2. The van der Waals surface area contributed by atoms with Gasteiger partial charge in [-0.25, -0.2) is 4.98 Å². The van der Waals surface area contributed by atoms with Crippen LogP contribution in [0, 0.1) is 0 Å². The maximum atomic E-state index is 11.0. The van der Waals surface area contributed by atoms with E-state index in [1.807, 2.05) is 17.7 Å². The minimum atomic E-state index is 0.608. The van der Waals surface area contributed by atoms with E-state index in [0.29, 0.717) is 10.6 Å². The zero-order valence-corrected chi connectivity index (χ0v) is 9.61. The van der Waals surface area contributed by atoms with Gasteiger partial charge in [-0.3, -0.25) is 4.79 Å². The Hall–Kier alpha value is -1.61. The first-order valence-corrected chi connectivity index (χ1v) is 5.41. The summed E-state index contributed by atoms with van der Waals surface area (Å²) in [6.45, 7) is 2.02. The monoisotopic (exact) mass is 234 g/mol. The molecule has 16 heavy (non-hydrogen) atoms. The largest absolute Gasteiger partial charge is 0.303 e. The topological polar surface area (TPSA) is 34.9 Å². The molecule has 0 radical (unpaired) electrons. The van der Waals surface area contributed by atoms with Gasteiger partial charge in [0, 0.05) is 29.4 Å². The van der Waals surface area contributed by atoms with Crippen molar-refractivity contribution in [2.75, 3.05) is 0 Å². The van der Waals surface area contributed by atoms with Gasteiger partial charge < -0.3 is 4.57 Å². The van der Waals surface area contributed by atoms with E-state index in [1.54, 1.807) is 24.4 Å². The van der Waals surface area contributed by atoms with Crippen LogP contribution in [0.2, 0.25) is 5.02 Å². The zero-order valence-electron chi connectivity index (χ0n) is 8.85. The van der Waals surface area contributed by atoms with Gasteiger partial charge in [-0.1, -0.05) is 18.5 Å². The molecule has 0 amide bonds. The molecule has 0 spiro atoms. The third kappa shape index (κ3) is 1.86. The van der Waals surface area contributed by atoms with Crippen LogP contribution in [-0.4, -0.2) is 15.8 Å². The molecule has 0 bridgehead atoms. The van der Waals surface area contributed by atoms with Crippen molar-refractivity contribution in [3.8, 4) is 5.69 Å². The van der Waals surface area contributed by atoms with Gasteiger partial charge in [0.25, 0.3) is 0 Å². The van der Waals surface area contributed by atoms with Gasteiger partial charge in [-0.05, 0) is 18.2 Å². The van der Waals surface area contributed by atoms with Crippen molar-refractivity contribution in [2.24, 2.45) is 0 Å². The van der Waals surface area contributed by atoms with Gasteiger partial charge >= 0.3 is 0 Å². The summed E-state index contributed by atoms with van der Waals surface area (Å²) in [5, 5.41) is 0.608. The number of aryl methyl sites for hydroxylation is 1. The van der Waals surface area contributed by atoms with Gasteiger partial charge in [0.15, 0.2) is 6.29 Å². The van der Waals surface area contributed by atoms with Gasteiger partial charge in [0.05, 0.1) is 5.69 Å². The number of nitrogens with zero attached hydrogens (tertiary/aromatic N) is 2. The molecule has 0 atom stereocenters. The highest BCUT2D eigenvalue weighted by molar-refractivity contribution is 6.30. The highest BCUT2D eigenvalue weighted by Crippen LogP contribution is 2.20. The quantitative estimate of drug-likeness (QED) is 0.766. The van der Waals surface area contributed by atoms with Crippen molar-refractivity contribution >= 4 is 17.9 Å². The number of rotatable bonds is 3. The Bertz CT molecular complexity index is 519. The summed E-state index contributed by atoms with van der Waals surface area (Å²) in [5.74, 6) is 0.908. The molecule has 1 aromatic carbocycles. The Balaban J connectivity index is 2.62. The van der Waals surface area contributed by atoms with Crippen LogP contribution >= 0.6 is 11.6 Å². The van der Waals surface area contributed by atoms with Crippen LogP contribution in [0.4, 0.5) is 0 Å². The minimum absolute atomic E-state index is 0.608. The highest BCUT2D eigenvalue weighted by atomic mass is 35.5. The fourth-order valence-electron chi connectivity index (χ4n) is 1.64. The summed E-state index contributed by atoms with van der Waals surface area (Å²) in [5.41, 5.74) is 1.38. The molecule has 0 N–H and O–H groups in total. The second-order valence-corrected chi connectivity index (χ2v) is 3.82. The average molecular weight is 235 g/mol. The molecule has 3 nitrogen and oxygen atoms in total. The van der Waals surface area contributed by atoms with Crippen molar-refractivity contribution < 1.29 is 4.79 Å². The summed E-state index contributed by atoms with van der Waals surface area (Å²) < 4.78 is 1.88. The third-order valence-corrected chi connectivity index (χ3v) is 2.65. The molecule has 2 rings (SSSR count). The Morgan fingerprint density at radius 3 is 3.00 bits per heavy atom.